The second-order valence-corrected chi connectivity index (χ2v) is 3.36. The molecule has 0 aliphatic heterocycles. The second-order valence-electron chi connectivity index (χ2n) is 3.36. The van der Waals surface area contributed by atoms with Gasteiger partial charge in [-0.25, -0.2) is 4.79 Å². The molecule has 1 rings (SSSR count). The van der Waals surface area contributed by atoms with Crippen molar-refractivity contribution in [2.24, 2.45) is 5.73 Å². The maximum absolute atomic E-state index is 11.4. The molecule has 6 nitrogen and oxygen atoms in total. The number of aromatic amines is 1. The number of nitrogens with two attached hydrogens (primary N) is 1. The van der Waals surface area contributed by atoms with Gasteiger partial charge in [0, 0.05) is 6.04 Å². The number of hydrogen-bond acceptors (Lipinski definition) is 5. The molecule has 0 saturated carbocycles. The summed E-state index contributed by atoms with van der Waals surface area (Å²) in [4.78, 5) is 11.4. The number of rotatable bonds is 5. The van der Waals surface area contributed by atoms with Gasteiger partial charge in [-0.15, -0.1) is 5.10 Å². The van der Waals surface area contributed by atoms with Crippen molar-refractivity contribution in [1.82, 2.24) is 15.4 Å². The van der Waals surface area contributed by atoms with Crippen LogP contribution in [0.3, 0.4) is 0 Å². The molecule has 0 aliphatic carbocycles. The van der Waals surface area contributed by atoms with Gasteiger partial charge in [0.25, 0.3) is 0 Å². The highest BCUT2D eigenvalue weighted by Gasteiger charge is 2.17. The number of aromatic nitrogens is 3. The van der Waals surface area contributed by atoms with Gasteiger partial charge in [0.05, 0.1) is 12.3 Å². The molecule has 0 radical (unpaired) electrons. The van der Waals surface area contributed by atoms with Crippen molar-refractivity contribution in [3.05, 3.63) is 11.4 Å². The molecule has 0 aromatic carbocycles. The molecule has 84 valence electrons. The van der Waals surface area contributed by atoms with Crippen molar-refractivity contribution in [2.75, 3.05) is 6.61 Å². The molecule has 1 aromatic heterocycles. The summed E-state index contributed by atoms with van der Waals surface area (Å²) in [6.45, 7) is 3.99. The van der Waals surface area contributed by atoms with Crippen LogP contribution in [-0.4, -0.2) is 34.0 Å². The van der Waals surface area contributed by atoms with Gasteiger partial charge in [0.15, 0.2) is 5.69 Å². The summed E-state index contributed by atoms with van der Waals surface area (Å²) in [6, 6.07) is 0.0803. The fraction of sp³-hybridized carbons (Fsp3) is 0.667. The Morgan fingerprint density at radius 3 is 2.93 bits per heavy atom. The maximum atomic E-state index is 11.4. The van der Waals surface area contributed by atoms with E-state index in [1.54, 1.807) is 6.92 Å². The molecule has 15 heavy (non-hydrogen) atoms. The number of nitrogens with zero attached hydrogens (tertiary/aromatic N) is 2. The smallest absolute Gasteiger partial charge is 0.360 e. The van der Waals surface area contributed by atoms with E-state index in [-0.39, 0.29) is 11.7 Å². The molecule has 0 spiro atoms. The van der Waals surface area contributed by atoms with Crippen LogP contribution in [0.2, 0.25) is 0 Å². The summed E-state index contributed by atoms with van der Waals surface area (Å²) in [5.74, 6) is -0.439. The third-order valence-electron chi connectivity index (χ3n) is 1.93. The molecule has 3 N–H and O–H groups in total. The molecule has 6 heteroatoms. The average Bonchev–Trinajstić information content (AvgIpc) is 2.62. The number of H-pyrrole nitrogens is 1. The minimum atomic E-state index is -0.439. The number of ether oxygens (including phenoxy) is 1. The van der Waals surface area contributed by atoms with E-state index in [0.29, 0.717) is 18.7 Å². The lowest BCUT2D eigenvalue weighted by atomic mass is 10.1. The fourth-order valence-electron chi connectivity index (χ4n) is 1.15. The maximum Gasteiger partial charge on any atom is 0.360 e. The number of carbonyl (C=O) groups is 1. The molecule has 0 amide bonds. The summed E-state index contributed by atoms with van der Waals surface area (Å²) >= 11 is 0. The van der Waals surface area contributed by atoms with Crippen LogP contribution in [0.5, 0.6) is 0 Å². The van der Waals surface area contributed by atoms with E-state index in [0.717, 1.165) is 6.42 Å². The van der Waals surface area contributed by atoms with Gasteiger partial charge < -0.3 is 10.5 Å². The van der Waals surface area contributed by atoms with Crippen molar-refractivity contribution in [2.45, 2.75) is 32.7 Å². The first-order chi connectivity index (χ1) is 7.15. The zero-order valence-electron chi connectivity index (χ0n) is 8.99. The Morgan fingerprint density at radius 2 is 2.33 bits per heavy atom. The Morgan fingerprint density at radius 1 is 1.60 bits per heavy atom. The lowest BCUT2D eigenvalue weighted by Gasteiger charge is -2.03. The van der Waals surface area contributed by atoms with Crippen LogP contribution < -0.4 is 5.73 Å². The fourth-order valence-corrected chi connectivity index (χ4v) is 1.15. The van der Waals surface area contributed by atoms with Crippen molar-refractivity contribution in [3.8, 4) is 0 Å². The number of carbonyl (C=O) groups excluding carboxylic acids is 1. The van der Waals surface area contributed by atoms with Crippen molar-refractivity contribution in [3.63, 3.8) is 0 Å². The lowest BCUT2D eigenvalue weighted by molar-refractivity contribution is 0.0518. The molecule has 1 unspecified atom stereocenters. The number of aryl methyl sites for hydroxylation is 1. The summed E-state index contributed by atoms with van der Waals surface area (Å²) in [6.07, 6.45) is 1.39. The Kier molecular flexibility index (Phi) is 4.23. The molecule has 1 atom stereocenters. The highest BCUT2D eigenvalue weighted by molar-refractivity contribution is 5.88. The first kappa shape index (κ1) is 11.6. The predicted octanol–water partition coefficient (Wildman–Crippen LogP) is 0.261. The zero-order chi connectivity index (χ0) is 11.3. The molecule has 1 aromatic rings. The van der Waals surface area contributed by atoms with Crippen LogP contribution in [0, 0.1) is 0 Å². The van der Waals surface area contributed by atoms with E-state index in [1.807, 2.05) is 6.92 Å². The third kappa shape index (κ3) is 3.32. The van der Waals surface area contributed by atoms with Gasteiger partial charge in [-0.1, -0.05) is 0 Å². The molecular formula is C9H16N4O2. The Bertz CT molecular complexity index is 322. The first-order valence-electron chi connectivity index (χ1n) is 4.97. The minimum absolute atomic E-state index is 0.0803. The van der Waals surface area contributed by atoms with Gasteiger partial charge >= 0.3 is 5.97 Å². The van der Waals surface area contributed by atoms with E-state index in [4.69, 9.17) is 10.5 Å². The predicted molar refractivity (Wildman–Crippen MR) is 54.3 cm³/mol. The molecule has 0 saturated heterocycles. The third-order valence-corrected chi connectivity index (χ3v) is 1.93. The molecule has 0 bridgehead atoms. The zero-order valence-corrected chi connectivity index (χ0v) is 8.99. The molecule has 0 aliphatic rings. The van der Waals surface area contributed by atoms with E-state index in [9.17, 15) is 4.79 Å². The number of hydrogen-bond donors (Lipinski definition) is 2. The Labute approximate surface area is 88.2 Å². The molecule has 0 fully saturated rings. The van der Waals surface area contributed by atoms with Crippen molar-refractivity contribution >= 4 is 5.97 Å². The van der Waals surface area contributed by atoms with E-state index < -0.39 is 5.97 Å². The van der Waals surface area contributed by atoms with Crippen LogP contribution in [0.15, 0.2) is 0 Å². The molecule has 1 heterocycles. The normalized spacial score (nSPS) is 12.5. The van der Waals surface area contributed by atoms with Crippen molar-refractivity contribution < 1.29 is 9.53 Å². The van der Waals surface area contributed by atoms with Crippen LogP contribution in [0.1, 0.15) is 36.5 Å². The number of nitrogens with one attached hydrogen (secondary N) is 1. The summed E-state index contributed by atoms with van der Waals surface area (Å²) in [5, 5.41) is 10.1. The van der Waals surface area contributed by atoms with Crippen molar-refractivity contribution in [1.29, 1.82) is 0 Å². The highest BCUT2D eigenvalue weighted by atomic mass is 16.5. The Balaban J connectivity index is 2.64. The van der Waals surface area contributed by atoms with Gasteiger partial charge in [-0.05, 0) is 26.7 Å². The van der Waals surface area contributed by atoms with Gasteiger partial charge in [0.1, 0.15) is 0 Å². The van der Waals surface area contributed by atoms with Gasteiger partial charge in [-0.3, -0.25) is 0 Å². The first-order valence-corrected chi connectivity index (χ1v) is 4.97. The van der Waals surface area contributed by atoms with Crippen LogP contribution >= 0.6 is 0 Å². The van der Waals surface area contributed by atoms with Gasteiger partial charge in [0.2, 0.25) is 0 Å². The topological polar surface area (TPSA) is 93.9 Å². The monoisotopic (exact) mass is 212 g/mol. The van der Waals surface area contributed by atoms with E-state index in [1.165, 1.54) is 0 Å². The van der Waals surface area contributed by atoms with Crippen LogP contribution in [0.4, 0.5) is 0 Å². The SMILES string of the molecule is CCOC(=O)c1n[nH]nc1CCC(C)N. The largest absolute Gasteiger partial charge is 0.461 e. The second kappa shape index (κ2) is 5.45. The Hall–Kier alpha value is -1.43. The summed E-state index contributed by atoms with van der Waals surface area (Å²) < 4.78 is 4.84. The van der Waals surface area contributed by atoms with Crippen LogP contribution in [-0.2, 0) is 11.2 Å². The molecular weight excluding hydrogens is 196 g/mol. The minimum Gasteiger partial charge on any atom is -0.461 e. The summed E-state index contributed by atoms with van der Waals surface area (Å²) in [5.41, 5.74) is 6.50. The average molecular weight is 212 g/mol. The summed E-state index contributed by atoms with van der Waals surface area (Å²) in [7, 11) is 0. The standard InChI is InChI=1S/C9H16N4O2/c1-3-15-9(14)8-7(11-13-12-8)5-4-6(2)10/h6H,3-5,10H2,1-2H3,(H,11,12,13). The van der Waals surface area contributed by atoms with E-state index >= 15 is 0 Å². The highest BCUT2D eigenvalue weighted by Crippen LogP contribution is 2.07. The number of esters is 1. The quantitative estimate of drug-likeness (QED) is 0.683. The lowest BCUT2D eigenvalue weighted by Crippen LogP contribution is -2.16. The van der Waals surface area contributed by atoms with E-state index in [2.05, 4.69) is 15.4 Å². The van der Waals surface area contributed by atoms with Crippen LogP contribution in [0.25, 0.3) is 0 Å². The van der Waals surface area contributed by atoms with Gasteiger partial charge in [-0.2, -0.15) is 10.3 Å².